The number of hydrogen-bond acceptors (Lipinski definition) is 3. The van der Waals surface area contributed by atoms with E-state index in [1.807, 2.05) is 30.5 Å². The standard InChI is InChI=1S/C20H26N4O2.ClH/c1-21-19(26)17(10-13-12-23-16-5-3-2-4-14(13)16)24-18(25)15-11-20(15)6-8-22-9-7-20;/h2-5,12,15,17,22-23H,6-11H2,1H3,(H,21,26)(H,24,25);1H/t15?,17-;/m0./s1. The summed E-state index contributed by atoms with van der Waals surface area (Å²) in [5.74, 6) is -0.0660. The number of carbonyl (C=O) groups excluding carboxylic acids is 2. The molecule has 0 bridgehead atoms. The first-order valence-corrected chi connectivity index (χ1v) is 9.41. The maximum absolute atomic E-state index is 12.8. The summed E-state index contributed by atoms with van der Waals surface area (Å²) < 4.78 is 0. The lowest BCUT2D eigenvalue weighted by Crippen LogP contribution is -2.48. The van der Waals surface area contributed by atoms with E-state index in [1.165, 1.54) is 0 Å². The molecule has 2 fully saturated rings. The Hall–Kier alpha value is -2.05. The first-order valence-electron chi connectivity index (χ1n) is 9.41. The summed E-state index contributed by atoms with van der Waals surface area (Å²) in [4.78, 5) is 28.4. The topological polar surface area (TPSA) is 86.0 Å². The van der Waals surface area contributed by atoms with Crippen LogP contribution >= 0.6 is 12.4 Å². The highest BCUT2D eigenvalue weighted by Gasteiger charge is 2.57. The van der Waals surface area contributed by atoms with E-state index < -0.39 is 6.04 Å². The van der Waals surface area contributed by atoms with Crippen molar-refractivity contribution in [3.8, 4) is 0 Å². The summed E-state index contributed by atoms with van der Waals surface area (Å²) in [6.45, 7) is 1.97. The van der Waals surface area contributed by atoms with Gasteiger partial charge >= 0.3 is 0 Å². The summed E-state index contributed by atoms with van der Waals surface area (Å²) in [5.41, 5.74) is 2.26. The van der Waals surface area contributed by atoms with Crippen molar-refractivity contribution in [2.45, 2.75) is 31.7 Å². The van der Waals surface area contributed by atoms with E-state index in [-0.39, 0.29) is 35.6 Å². The Kier molecular flexibility index (Phi) is 5.77. The molecule has 146 valence electrons. The maximum atomic E-state index is 12.8. The Morgan fingerprint density at radius 3 is 2.74 bits per heavy atom. The van der Waals surface area contributed by atoms with Gasteiger partial charge in [0, 0.05) is 36.5 Å². The van der Waals surface area contributed by atoms with Gasteiger partial charge < -0.3 is 20.9 Å². The van der Waals surface area contributed by atoms with E-state index in [2.05, 4.69) is 20.9 Å². The summed E-state index contributed by atoms with van der Waals surface area (Å²) in [7, 11) is 1.61. The number of benzene rings is 1. The monoisotopic (exact) mass is 390 g/mol. The number of amides is 2. The maximum Gasteiger partial charge on any atom is 0.242 e. The van der Waals surface area contributed by atoms with Crippen LogP contribution in [0.2, 0.25) is 0 Å². The number of nitrogens with one attached hydrogen (secondary N) is 4. The van der Waals surface area contributed by atoms with Gasteiger partial charge in [-0.2, -0.15) is 0 Å². The first-order chi connectivity index (χ1) is 12.6. The quantitative estimate of drug-likeness (QED) is 0.627. The lowest BCUT2D eigenvalue weighted by Gasteiger charge is -2.24. The minimum atomic E-state index is -0.550. The van der Waals surface area contributed by atoms with Gasteiger partial charge in [-0.05, 0) is 49.4 Å². The van der Waals surface area contributed by atoms with Crippen molar-refractivity contribution in [1.29, 1.82) is 0 Å². The second-order valence-corrected chi connectivity index (χ2v) is 7.61. The van der Waals surface area contributed by atoms with Crippen molar-refractivity contribution >= 4 is 35.1 Å². The SMILES string of the molecule is CNC(=O)[C@H](Cc1c[nH]c2ccccc12)NC(=O)C1CC12CCNCC2.Cl. The van der Waals surface area contributed by atoms with E-state index in [0.717, 1.165) is 48.8 Å². The smallest absolute Gasteiger partial charge is 0.242 e. The van der Waals surface area contributed by atoms with Crippen LogP contribution in [-0.4, -0.2) is 43.0 Å². The number of aromatic nitrogens is 1. The molecule has 6 nitrogen and oxygen atoms in total. The minimum Gasteiger partial charge on any atom is -0.361 e. The Morgan fingerprint density at radius 2 is 2.00 bits per heavy atom. The number of H-pyrrole nitrogens is 1. The van der Waals surface area contributed by atoms with Gasteiger partial charge in [0.25, 0.3) is 0 Å². The summed E-state index contributed by atoms with van der Waals surface area (Å²) >= 11 is 0. The molecular weight excluding hydrogens is 364 g/mol. The lowest BCUT2D eigenvalue weighted by molar-refractivity contribution is -0.129. The van der Waals surface area contributed by atoms with Crippen LogP contribution < -0.4 is 16.0 Å². The molecule has 2 heterocycles. The van der Waals surface area contributed by atoms with Crippen LogP contribution in [0.3, 0.4) is 0 Å². The normalized spacial score (nSPS) is 21.3. The number of para-hydroxylation sites is 1. The van der Waals surface area contributed by atoms with E-state index in [0.29, 0.717) is 6.42 Å². The van der Waals surface area contributed by atoms with Crippen molar-refractivity contribution in [2.24, 2.45) is 11.3 Å². The zero-order valence-electron chi connectivity index (χ0n) is 15.5. The van der Waals surface area contributed by atoms with Gasteiger partial charge in [0.2, 0.25) is 11.8 Å². The van der Waals surface area contributed by atoms with Crippen LogP contribution in [0.5, 0.6) is 0 Å². The highest BCUT2D eigenvalue weighted by Crippen LogP contribution is 2.58. The molecule has 1 spiro atoms. The summed E-state index contributed by atoms with van der Waals surface area (Å²) in [5, 5.41) is 10.2. The molecule has 1 saturated carbocycles. The zero-order chi connectivity index (χ0) is 18.1. The molecule has 2 aliphatic rings. The molecule has 2 atom stereocenters. The molecule has 2 amide bonds. The lowest BCUT2D eigenvalue weighted by atomic mass is 9.91. The predicted octanol–water partition coefficient (Wildman–Crippen LogP) is 1.75. The third-order valence-corrected chi connectivity index (χ3v) is 6.08. The number of hydrogen-bond donors (Lipinski definition) is 4. The van der Waals surface area contributed by atoms with E-state index >= 15 is 0 Å². The Bertz CT molecular complexity index is 828. The van der Waals surface area contributed by atoms with Crippen LogP contribution in [-0.2, 0) is 16.0 Å². The second-order valence-electron chi connectivity index (χ2n) is 7.61. The van der Waals surface area contributed by atoms with Crippen molar-refractivity contribution in [1.82, 2.24) is 20.9 Å². The number of fused-ring (bicyclic) bond motifs is 1. The van der Waals surface area contributed by atoms with Gasteiger partial charge in [-0.15, -0.1) is 12.4 Å². The number of carbonyl (C=O) groups is 2. The fraction of sp³-hybridized carbons (Fsp3) is 0.500. The number of likely N-dealkylation sites (N-methyl/N-ethyl adjacent to an activating group) is 1. The Labute approximate surface area is 165 Å². The Balaban J connectivity index is 0.00000210. The molecule has 4 N–H and O–H groups in total. The average molecular weight is 391 g/mol. The largest absolute Gasteiger partial charge is 0.361 e. The molecule has 27 heavy (non-hydrogen) atoms. The first kappa shape index (κ1) is 19.7. The highest BCUT2D eigenvalue weighted by atomic mass is 35.5. The van der Waals surface area contributed by atoms with Gasteiger partial charge in [0.15, 0.2) is 0 Å². The summed E-state index contributed by atoms with van der Waals surface area (Å²) in [6.07, 6.45) is 5.47. The van der Waals surface area contributed by atoms with E-state index in [9.17, 15) is 9.59 Å². The fourth-order valence-corrected chi connectivity index (χ4v) is 4.37. The van der Waals surface area contributed by atoms with Gasteiger partial charge in [0.1, 0.15) is 6.04 Å². The zero-order valence-corrected chi connectivity index (χ0v) is 16.3. The van der Waals surface area contributed by atoms with Crippen LogP contribution in [0.4, 0.5) is 0 Å². The minimum absolute atomic E-state index is 0. The number of aromatic amines is 1. The average Bonchev–Trinajstić information content (AvgIpc) is 3.20. The van der Waals surface area contributed by atoms with Crippen molar-refractivity contribution in [3.63, 3.8) is 0 Å². The third-order valence-electron chi connectivity index (χ3n) is 6.08. The molecule has 7 heteroatoms. The Morgan fingerprint density at radius 1 is 1.26 bits per heavy atom. The molecule has 1 aliphatic carbocycles. The molecular formula is C20H27ClN4O2. The predicted molar refractivity (Wildman–Crippen MR) is 108 cm³/mol. The van der Waals surface area contributed by atoms with Crippen molar-refractivity contribution < 1.29 is 9.59 Å². The van der Waals surface area contributed by atoms with Crippen LogP contribution in [0, 0.1) is 11.3 Å². The molecule has 1 aromatic carbocycles. The van der Waals surface area contributed by atoms with Crippen LogP contribution in [0.1, 0.15) is 24.8 Å². The van der Waals surface area contributed by atoms with Gasteiger partial charge in [0.05, 0.1) is 0 Å². The molecule has 0 radical (unpaired) electrons. The third kappa shape index (κ3) is 3.82. The fourth-order valence-electron chi connectivity index (χ4n) is 4.37. The molecule has 4 rings (SSSR count). The number of rotatable bonds is 5. The van der Waals surface area contributed by atoms with Gasteiger partial charge in [-0.1, -0.05) is 18.2 Å². The van der Waals surface area contributed by atoms with Gasteiger partial charge in [-0.3, -0.25) is 9.59 Å². The van der Waals surface area contributed by atoms with Crippen LogP contribution in [0.15, 0.2) is 30.5 Å². The molecule has 2 aromatic rings. The molecule has 1 aromatic heterocycles. The van der Waals surface area contributed by atoms with Crippen molar-refractivity contribution in [2.75, 3.05) is 20.1 Å². The highest BCUT2D eigenvalue weighted by molar-refractivity contribution is 5.91. The van der Waals surface area contributed by atoms with E-state index in [1.54, 1.807) is 7.05 Å². The number of halogens is 1. The van der Waals surface area contributed by atoms with Gasteiger partial charge in [-0.25, -0.2) is 0 Å². The molecule has 1 unspecified atom stereocenters. The summed E-state index contributed by atoms with van der Waals surface area (Å²) in [6, 6.07) is 7.46. The molecule has 1 aliphatic heterocycles. The molecule has 1 saturated heterocycles. The van der Waals surface area contributed by atoms with Crippen molar-refractivity contribution in [3.05, 3.63) is 36.0 Å². The number of piperidine rings is 1. The van der Waals surface area contributed by atoms with E-state index in [4.69, 9.17) is 0 Å². The second kappa shape index (κ2) is 7.90. The van der Waals surface area contributed by atoms with Crippen LogP contribution in [0.25, 0.3) is 10.9 Å².